The molecule has 0 aliphatic carbocycles. The van der Waals surface area contributed by atoms with Crippen LogP contribution in [0.15, 0.2) is 39.8 Å². The lowest BCUT2D eigenvalue weighted by Gasteiger charge is -1.98. The van der Waals surface area contributed by atoms with E-state index in [0.29, 0.717) is 0 Å². The van der Waals surface area contributed by atoms with Crippen LogP contribution >= 0.6 is 11.8 Å². The van der Waals surface area contributed by atoms with Crippen molar-refractivity contribution >= 4 is 22.7 Å². The summed E-state index contributed by atoms with van der Waals surface area (Å²) in [5, 5.41) is 1.23. The summed E-state index contributed by atoms with van der Waals surface area (Å²) in [6.07, 6.45) is 1.74. The predicted octanol–water partition coefficient (Wildman–Crippen LogP) is 3.54. The second-order valence-corrected chi connectivity index (χ2v) is 3.83. The molecule has 62 valence electrons. The molecule has 1 nitrogen and oxygen atoms in total. The summed E-state index contributed by atoms with van der Waals surface area (Å²) in [4.78, 5) is 1.31. The van der Waals surface area contributed by atoms with Gasteiger partial charge >= 0.3 is 0 Å². The number of thioether (sulfide) groups is 1. The van der Waals surface area contributed by atoms with Crippen LogP contribution in [0.25, 0.3) is 11.0 Å². The minimum atomic E-state index is 0.980. The van der Waals surface area contributed by atoms with Crippen molar-refractivity contribution in [3.63, 3.8) is 0 Å². The fraction of sp³-hybridized carbons (Fsp3) is 0.200. The first kappa shape index (κ1) is 7.74. The monoisotopic (exact) mass is 178 g/mol. The third-order valence-electron chi connectivity index (χ3n) is 1.76. The van der Waals surface area contributed by atoms with Crippen molar-refractivity contribution in [1.82, 2.24) is 0 Å². The Labute approximate surface area is 75.8 Å². The van der Waals surface area contributed by atoms with Gasteiger partial charge in [0, 0.05) is 10.3 Å². The SMILES string of the molecule is CCSc1cccc2occc12. The molecule has 12 heavy (non-hydrogen) atoms. The first-order valence-corrected chi connectivity index (χ1v) is 4.99. The van der Waals surface area contributed by atoms with Gasteiger partial charge in [-0.3, -0.25) is 0 Å². The summed E-state index contributed by atoms with van der Waals surface area (Å²) in [6.45, 7) is 2.16. The average Bonchev–Trinajstić information content (AvgIpc) is 2.53. The van der Waals surface area contributed by atoms with Gasteiger partial charge < -0.3 is 4.42 Å². The van der Waals surface area contributed by atoms with Crippen molar-refractivity contribution in [2.45, 2.75) is 11.8 Å². The molecular formula is C10H10OS. The largest absolute Gasteiger partial charge is 0.464 e. The highest BCUT2D eigenvalue weighted by atomic mass is 32.2. The van der Waals surface area contributed by atoms with Gasteiger partial charge in [-0.2, -0.15) is 0 Å². The van der Waals surface area contributed by atoms with Crippen LogP contribution in [0.4, 0.5) is 0 Å². The van der Waals surface area contributed by atoms with Gasteiger partial charge in [-0.05, 0) is 24.0 Å². The molecule has 0 aliphatic rings. The zero-order valence-corrected chi connectivity index (χ0v) is 7.73. The van der Waals surface area contributed by atoms with Crippen LogP contribution in [-0.4, -0.2) is 5.75 Å². The number of fused-ring (bicyclic) bond motifs is 1. The average molecular weight is 178 g/mol. The number of hydrogen-bond donors (Lipinski definition) is 0. The molecule has 0 N–H and O–H groups in total. The van der Waals surface area contributed by atoms with Crippen LogP contribution in [0.5, 0.6) is 0 Å². The number of hydrogen-bond acceptors (Lipinski definition) is 2. The molecule has 2 aromatic rings. The van der Waals surface area contributed by atoms with E-state index >= 15 is 0 Å². The van der Waals surface area contributed by atoms with Crippen molar-refractivity contribution in [3.05, 3.63) is 30.5 Å². The molecule has 0 aliphatic heterocycles. The van der Waals surface area contributed by atoms with Gasteiger partial charge in [0.15, 0.2) is 0 Å². The molecule has 0 amide bonds. The van der Waals surface area contributed by atoms with E-state index in [1.165, 1.54) is 10.3 Å². The van der Waals surface area contributed by atoms with Crippen LogP contribution in [-0.2, 0) is 0 Å². The van der Waals surface area contributed by atoms with E-state index in [-0.39, 0.29) is 0 Å². The molecule has 0 radical (unpaired) electrons. The minimum absolute atomic E-state index is 0.980. The van der Waals surface area contributed by atoms with Crippen LogP contribution in [0.2, 0.25) is 0 Å². The minimum Gasteiger partial charge on any atom is -0.464 e. The Hall–Kier alpha value is -0.890. The standard InChI is InChI=1S/C10H10OS/c1-2-12-10-5-3-4-9-8(10)6-7-11-9/h3-7H,2H2,1H3. The normalized spacial score (nSPS) is 10.8. The Morgan fingerprint density at radius 2 is 2.25 bits per heavy atom. The number of furan rings is 1. The highest BCUT2D eigenvalue weighted by Gasteiger charge is 2.01. The quantitative estimate of drug-likeness (QED) is 0.652. The van der Waals surface area contributed by atoms with E-state index < -0.39 is 0 Å². The van der Waals surface area contributed by atoms with Gasteiger partial charge in [-0.15, -0.1) is 11.8 Å². The maximum atomic E-state index is 5.29. The first-order chi connectivity index (χ1) is 5.92. The molecule has 2 heteroatoms. The second kappa shape index (κ2) is 3.23. The third-order valence-corrected chi connectivity index (χ3v) is 2.71. The smallest absolute Gasteiger partial charge is 0.134 e. The molecule has 0 unspecified atom stereocenters. The van der Waals surface area contributed by atoms with Crippen molar-refractivity contribution in [3.8, 4) is 0 Å². The van der Waals surface area contributed by atoms with E-state index in [1.54, 1.807) is 6.26 Å². The van der Waals surface area contributed by atoms with Gasteiger partial charge in [0.25, 0.3) is 0 Å². The third kappa shape index (κ3) is 1.23. The van der Waals surface area contributed by atoms with E-state index in [2.05, 4.69) is 13.0 Å². The summed E-state index contributed by atoms with van der Waals surface area (Å²) >= 11 is 1.85. The summed E-state index contributed by atoms with van der Waals surface area (Å²) in [7, 11) is 0. The lowest BCUT2D eigenvalue weighted by atomic mass is 10.3. The maximum absolute atomic E-state index is 5.29. The van der Waals surface area contributed by atoms with Gasteiger partial charge in [0.05, 0.1) is 6.26 Å². The topological polar surface area (TPSA) is 13.1 Å². The van der Waals surface area contributed by atoms with E-state index in [4.69, 9.17) is 4.42 Å². The van der Waals surface area contributed by atoms with Gasteiger partial charge in [0.2, 0.25) is 0 Å². The van der Waals surface area contributed by atoms with Crippen LogP contribution in [0, 0.1) is 0 Å². The summed E-state index contributed by atoms with van der Waals surface area (Å²) in [6, 6.07) is 8.18. The molecule has 0 saturated carbocycles. The van der Waals surface area contributed by atoms with Crippen molar-refractivity contribution in [2.24, 2.45) is 0 Å². The molecule has 1 aromatic carbocycles. The Kier molecular flexibility index (Phi) is 2.09. The Bertz CT molecular complexity index is 378. The predicted molar refractivity (Wildman–Crippen MR) is 52.6 cm³/mol. The Morgan fingerprint density at radius 3 is 3.08 bits per heavy atom. The van der Waals surface area contributed by atoms with E-state index in [9.17, 15) is 0 Å². The van der Waals surface area contributed by atoms with Crippen LogP contribution < -0.4 is 0 Å². The number of benzene rings is 1. The summed E-state index contributed by atoms with van der Waals surface area (Å²) in [5.41, 5.74) is 0.980. The molecule has 0 fully saturated rings. The fourth-order valence-electron chi connectivity index (χ4n) is 1.25. The Morgan fingerprint density at radius 1 is 1.33 bits per heavy atom. The molecule has 0 atom stereocenters. The number of rotatable bonds is 2. The molecule has 2 rings (SSSR count). The van der Waals surface area contributed by atoms with Crippen LogP contribution in [0.3, 0.4) is 0 Å². The summed E-state index contributed by atoms with van der Waals surface area (Å²) in [5.74, 6) is 1.10. The van der Waals surface area contributed by atoms with Crippen molar-refractivity contribution in [2.75, 3.05) is 5.75 Å². The lowest BCUT2D eigenvalue weighted by molar-refractivity contribution is 0.615. The van der Waals surface area contributed by atoms with Crippen LogP contribution in [0.1, 0.15) is 6.92 Å². The fourth-order valence-corrected chi connectivity index (χ4v) is 2.06. The Balaban J connectivity index is 2.57. The van der Waals surface area contributed by atoms with Crippen molar-refractivity contribution in [1.29, 1.82) is 0 Å². The van der Waals surface area contributed by atoms with Gasteiger partial charge in [0.1, 0.15) is 5.58 Å². The van der Waals surface area contributed by atoms with E-state index in [1.807, 2.05) is 30.0 Å². The highest BCUT2D eigenvalue weighted by molar-refractivity contribution is 7.99. The maximum Gasteiger partial charge on any atom is 0.134 e. The van der Waals surface area contributed by atoms with Crippen molar-refractivity contribution < 1.29 is 4.42 Å². The molecule has 0 bridgehead atoms. The zero-order chi connectivity index (χ0) is 8.39. The highest BCUT2D eigenvalue weighted by Crippen LogP contribution is 2.27. The molecule has 0 saturated heterocycles. The second-order valence-electron chi connectivity index (χ2n) is 2.52. The van der Waals surface area contributed by atoms with E-state index in [0.717, 1.165) is 11.3 Å². The lowest BCUT2D eigenvalue weighted by Crippen LogP contribution is -1.72. The van der Waals surface area contributed by atoms with Gasteiger partial charge in [-0.1, -0.05) is 13.0 Å². The molecular weight excluding hydrogens is 168 g/mol. The summed E-state index contributed by atoms with van der Waals surface area (Å²) < 4.78 is 5.29. The first-order valence-electron chi connectivity index (χ1n) is 4.01. The molecule has 1 heterocycles. The van der Waals surface area contributed by atoms with Gasteiger partial charge in [-0.25, -0.2) is 0 Å². The molecule has 0 spiro atoms. The zero-order valence-electron chi connectivity index (χ0n) is 6.91. The molecule has 1 aromatic heterocycles.